The van der Waals surface area contributed by atoms with Gasteiger partial charge < -0.3 is 14.8 Å². The molecule has 0 bridgehead atoms. The van der Waals surface area contributed by atoms with Crippen LogP contribution in [0.1, 0.15) is 25.5 Å². The fourth-order valence-electron chi connectivity index (χ4n) is 3.14. The number of rotatable bonds is 6. The molecule has 2 aromatic rings. The Morgan fingerprint density at radius 3 is 2.31 bits per heavy atom. The Morgan fingerprint density at radius 2 is 1.69 bits per heavy atom. The molecule has 1 heterocycles. The molecule has 9 heteroatoms. The molecule has 0 radical (unpaired) electrons. The number of benzene rings is 2. The fraction of sp³-hybridized carbons (Fsp3) is 0.350. The first-order chi connectivity index (χ1) is 13.7. The number of hydrogen-bond donors (Lipinski definition) is 1. The maximum atomic E-state index is 13.2. The lowest BCUT2D eigenvalue weighted by molar-refractivity contribution is -0.122. The van der Waals surface area contributed by atoms with E-state index in [9.17, 15) is 17.6 Å². The molecular weight excluding hydrogens is 399 g/mol. The summed E-state index contributed by atoms with van der Waals surface area (Å²) in [4.78, 5) is 12.8. The summed E-state index contributed by atoms with van der Waals surface area (Å²) in [5.74, 6) is 0.270. The van der Waals surface area contributed by atoms with E-state index in [1.54, 1.807) is 19.1 Å². The molecule has 0 unspecified atom stereocenters. The summed E-state index contributed by atoms with van der Waals surface area (Å²) < 4.78 is 49.8. The Bertz CT molecular complexity index is 994. The van der Waals surface area contributed by atoms with Crippen LogP contribution in [0.15, 0.2) is 42.5 Å². The molecule has 29 heavy (non-hydrogen) atoms. The van der Waals surface area contributed by atoms with E-state index in [-0.39, 0.29) is 5.69 Å². The summed E-state index contributed by atoms with van der Waals surface area (Å²) >= 11 is 0. The predicted molar refractivity (Wildman–Crippen MR) is 107 cm³/mol. The number of carbonyl (C=O) groups is 1. The first-order valence-corrected chi connectivity index (χ1v) is 11.0. The summed E-state index contributed by atoms with van der Waals surface area (Å²) in [5.41, 5.74) is 1.01. The molecule has 0 aromatic heterocycles. The molecule has 0 fully saturated rings. The molecule has 156 valence electrons. The zero-order valence-electron chi connectivity index (χ0n) is 16.4. The molecule has 7 nitrogen and oxygen atoms in total. The van der Waals surface area contributed by atoms with Crippen LogP contribution in [0.25, 0.3) is 0 Å². The lowest BCUT2D eigenvalue weighted by Gasteiger charge is -2.29. The van der Waals surface area contributed by atoms with Crippen molar-refractivity contribution in [1.29, 1.82) is 0 Å². The van der Waals surface area contributed by atoms with Crippen molar-refractivity contribution in [1.82, 2.24) is 5.32 Å². The van der Waals surface area contributed by atoms with Gasteiger partial charge in [-0.1, -0.05) is 6.07 Å². The zero-order valence-corrected chi connectivity index (χ0v) is 17.2. The average molecular weight is 422 g/mol. The van der Waals surface area contributed by atoms with Gasteiger partial charge in [0.1, 0.15) is 25.1 Å². The molecule has 1 N–H and O–H groups in total. The number of hydrogen-bond acceptors (Lipinski definition) is 5. The van der Waals surface area contributed by atoms with Gasteiger partial charge in [-0.25, -0.2) is 12.8 Å². The smallest absolute Gasteiger partial charge is 0.244 e. The van der Waals surface area contributed by atoms with Gasteiger partial charge in [0, 0.05) is 0 Å². The summed E-state index contributed by atoms with van der Waals surface area (Å²) in [6.45, 7) is 4.21. The average Bonchev–Trinajstić information content (AvgIpc) is 2.68. The molecule has 1 amide bonds. The minimum Gasteiger partial charge on any atom is -0.486 e. The lowest BCUT2D eigenvalue weighted by atomic mass is 10.1. The van der Waals surface area contributed by atoms with E-state index in [0.29, 0.717) is 24.7 Å². The second-order valence-electron chi connectivity index (χ2n) is 6.84. The molecule has 0 saturated heterocycles. The van der Waals surface area contributed by atoms with Crippen molar-refractivity contribution in [3.8, 4) is 11.5 Å². The third kappa shape index (κ3) is 4.79. The normalized spacial score (nSPS) is 15.3. The minimum atomic E-state index is -3.77. The van der Waals surface area contributed by atoms with Crippen LogP contribution in [0.3, 0.4) is 0 Å². The number of nitrogens with zero attached hydrogens (tertiary/aromatic N) is 1. The Kier molecular flexibility index (Phi) is 5.97. The van der Waals surface area contributed by atoms with Gasteiger partial charge in [-0.05, 0) is 55.8 Å². The van der Waals surface area contributed by atoms with Gasteiger partial charge in [-0.15, -0.1) is 0 Å². The Morgan fingerprint density at radius 1 is 1.07 bits per heavy atom. The monoisotopic (exact) mass is 422 g/mol. The van der Waals surface area contributed by atoms with Crippen LogP contribution in [0.5, 0.6) is 11.5 Å². The number of nitrogens with one attached hydrogen (secondary N) is 1. The van der Waals surface area contributed by atoms with Gasteiger partial charge in [0.05, 0.1) is 18.0 Å². The molecule has 1 aliphatic heterocycles. The predicted octanol–water partition coefficient (Wildman–Crippen LogP) is 2.63. The summed E-state index contributed by atoms with van der Waals surface area (Å²) in [5, 5.41) is 2.82. The third-order valence-electron chi connectivity index (χ3n) is 4.59. The van der Waals surface area contributed by atoms with Gasteiger partial charge in [0.25, 0.3) is 0 Å². The maximum absolute atomic E-state index is 13.2. The van der Waals surface area contributed by atoms with Gasteiger partial charge >= 0.3 is 0 Å². The van der Waals surface area contributed by atoms with Crippen molar-refractivity contribution < 1.29 is 27.1 Å². The quantitative estimate of drug-likeness (QED) is 0.774. The van der Waals surface area contributed by atoms with Gasteiger partial charge in [0.2, 0.25) is 15.9 Å². The highest BCUT2D eigenvalue weighted by Gasteiger charge is 2.30. The maximum Gasteiger partial charge on any atom is 0.244 e. The molecule has 0 saturated carbocycles. The molecule has 1 aliphatic rings. The van der Waals surface area contributed by atoms with Gasteiger partial charge in [-0.2, -0.15) is 0 Å². The summed E-state index contributed by atoms with van der Waals surface area (Å²) in [6.07, 6.45) is 1.00. The van der Waals surface area contributed by atoms with Crippen molar-refractivity contribution in [3.05, 3.63) is 53.8 Å². The molecule has 2 aromatic carbocycles. The SMILES string of the molecule is C[C@H](NC(=O)[C@@H](C)N(c1ccc(F)cc1)S(C)(=O)=O)c1ccc2c(c1)OCCO2. The van der Waals surface area contributed by atoms with Crippen molar-refractivity contribution in [2.75, 3.05) is 23.8 Å². The fourth-order valence-corrected chi connectivity index (χ4v) is 4.32. The van der Waals surface area contributed by atoms with Crippen LogP contribution < -0.4 is 19.1 Å². The first kappa shape index (κ1) is 20.9. The molecule has 0 spiro atoms. The Balaban J connectivity index is 1.78. The van der Waals surface area contributed by atoms with Crippen molar-refractivity contribution in [2.45, 2.75) is 25.9 Å². The zero-order chi connectivity index (χ0) is 21.2. The van der Waals surface area contributed by atoms with Crippen LogP contribution in [0.4, 0.5) is 10.1 Å². The van der Waals surface area contributed by atoms with Crippen LogP contribution in [-0.2, 0) is 14.8 Å². The molecule has 2 atom stereocenters. The highest BCUT2D eigenvalue weighted by atomic mass is 32.2. The van der Waals surface area contributed by atoms with E-state index >= 15 is 0 Å². The molecule has 0 aliphatic carbocycles. The summed E-state index contributed by atoms with van der Waals surface area (Å²) in [6, 6.07) is 8.90. The van der Waals surface area contributed by atoms with Crippen LogP contribution in [0, 0.1) is 5.82 Å². The minimum absolute atomic E-state index is 0.212. The second-order valence-corrected chi connectivity index (χ2v) is 8.70. The van der Waals surface area contributed by atoms with E-state index in [0.717, 1.165) is 28.3 Å². The van der Waals surface area contributed by atoms with E-state index in [2.05, 4.69) is 5.32 Å². The Labute approximate surface area is 169 Å². The standard InChI is InChI=1S/C20H23FN2O5S/c1-13(15-4-9-18-19(12-15)28-11-10-27-18)22-20(24)14(2)23(29(3,25)26)17-7-5-16(21)6-8-17/h4-9,12-14H,10-11H2,1-3H3,(H,22,24)/t13-,14+/m0/s1. The third-order valence-corrected chi connectivity index (χ3v) is 5.84. The van der Waals surface area contributed by atoms with Crippen molar-refractivity contribution >= 4 is 21.6 Å². The highest BCUT2D eigenvalue weighted by molar-refractivity contribution is 7.92. The van der Waals surface area contributed by atoms with E-state index in [1.807, 2.05) is 6.07 Å². The van der Waals surface area contributed by atoms with Gasteiger partial charge in [0.15, 0.2) is 11.5 Å². The number of ether oxygens (including phenoxy) is 2. The number of amides is 1. The van der Waals surface area contributed by atoms with Crippen molar-refractivity contribution in [2.24, 2.45) is 0 Å². The van der Waals surface area contributed by atoms with Crippen molar-refractivity contribution in [3.63, 3.8) is 0 Å². The number of carbonyl (C=O) groups excluding carboxylic acids is 1. The largest absolute Gasteiger partial charge is 0.486 e. The Hall–Kier alpha value is -2.81. The number of anilines is 1. The van der Waals surface area contributed by atoms with E-state index in [4.69, 9.17) is 9.47 Å². The van der Waals surface area contributed by atoms with Gasteiger partial charge in [-0.3, -0.25) is 9.10 Å². The van der Waals surface area contributed by atoms with E-state index < -0.39 is 33.8 Å². The molecular formula is C20H23FN2O5S. The second kappa shape index (κ2) is 8.28. The summed E-state index contributed by atoms with van der Waals surface area (Å²) in [7, 11) is -3.77. The molecule has 3 rings (SSSR count). The lowest BCUT2D eigenvalue weighted by Crippen LogP contribution is -2.48. The van der Waals surface area contributed by atoms with Crippen LogP contribution >= 0.6 is 0 Å². The number of fused-ring (bicyclic) bond motifs is 1. The number of halogens is 1. The number of sulfonamides is 1. The van der Waals surface area contributed by atoms with Crippen LogP contribution in [0.2, 0.25) is 0 Å². The van der Waals surface area contributed by atoms with E-state index in [1.165, 1.54) is 19.1 Å². The van der Waals surface area contributed by atoms with Crippen LogP contribution in [-0.4, -0.2) is 39.8 Å². The topological polar surface area (TPSA) is 84.9 Å². The highest BCUT2D eigenvalue weighted by Crippen LogP contribution is 2.32. The first-order valence-electron chi connectivity index (χ1n) is 9.11.